The Bertz CT molecular complexity index is 433. The molecule has 0 saturated carbocycles. The summed E-state index contributed by atoms with van der Waals surface area (Å²) < 4.78 is 1.52. The summed E-state index contributed by atoms with van der Waals surface area (Å²) in [7, 11) is 1.82. The van der Waals surface area contributed by atoms with Crippen molar-refractivity contribution in [3.63, 3.8) is 0 Å². The Balaban J connectivity index is 2.02. The van der Waals surface area contributed by atoms with E-state index in [1.807, 2.05) is 7.05 Å². The average Bonchev–Trinajstić information content (AvgIpc) is 2.86. The van der Waals surface area contributed by atoms with Crippen LogP contribution in [-0.4, -0.2) is 44.5 Å². The van der Waals surface area contributed by atoms with Crippen molar-refractivity contribution in [3.05, 3.63) is 5.82 Å². The van der Waals surface area contributed by atoms with Gasteiger partial charge in [0.15, 0.2) is 5.82 Å². The monoisotopic (exact) mass is 269 g/mol. The van der Waals surface area contributed by atoms with Gasteiger partial charge in [-0.15, -0.1) is 10.2 Å². The van der Waals surface area contributed by atoms with E-state index in [0.717, 1.165) is 38.1 Å². The molecule has 1 aromatic heterocycles. The molecule has 0 radical (unpaired) electrons. The van der Waals surface area contributed by atoms with E-state index in [-0.39, 0.29) is 11.2 Å². The lowest BCUT2D eigenvalue weighted by atomic mass is 10.2. The second-order valence-corrected chi connectivity index (χ2v) is 5.70. The molecule has 1 fully saturated rings. The largest absolute Gasteiger partial charge is 0.345 e. The molecular weight excluding hydrogens is 250 g/mol. The number of aromatic nitrogens is 3. The van der Waals surface area contributed by atoms with Gasteiger partial charge < -0.3 is 10.7 Å². The third-order valence-corrected chi connectivity index (χ3v) is 4.33. The van der Waals surface area contributed by atoms with Gasteiger partial charge in [-0.25, -0.2) is 4.68 Å². The number of aryl methyl sites for hydroxylation is 1. The SMILES string of the molecule is CCCCc1nnc(S[C@@H]2CCN(C)C2=O)n1N. The van der Waals surface area contributed by atoms with E-state index in [4.69, 9.17) is 5.84 Å². The van der Waals surface area contributed by atoms with Crippen molar-refractivity contribution >= 4 is 17.7 Å². The molecular formula is C11H19N5OS. The summed E-state index contributed by atoms with van der Waals surface area (Å²) in [4.78, 5) is 13.5. The number of unbranched alkanes of at least 4 members (excludes halogenated alkanes) is 1. The first-order chi connectivity index (χ1) is 8.63. The Kier molecular flexibility index (Phi) is 4.11. The molecule has 6 nitrogen and oxygen atoms in total. The highest BCUT2D eigenvalue weighted by Crippen LogP contribution is 2.28. The standard InChI is InChI=1S/C11H19N5OS/c1-3-4-5-9-13-14-11(16(9)12)18-8-6-7-15(2)10(8)17/h8H,3-7,12H2,1-2H3/t8-/m1/s1. The quantitative estimate of drug-likeness (QED) is 0.794. The van der Waals surface area contributed by atoms with Gasteiger partial charge in [0.25, 0.3) is 0 Å². The minimum Gasteiger partial charge on any atom is -0.345 e. The Hall–Kier alpha value is -1.24. The van der Waals surface area contributed by atoms with Crippen molar-refractivity contribution in [2.75, 3.05) is 19.4 Å². The van der Waals surface area contributed by atoms with Crippen LogP contribution in [0.1, 0.15) is 32.0 Å². The number of hydrogen-bond acceptors (Lipinski definition) is 5. The number of nitrogens with zero attached hydrogens (tertiary/aromatic N) is 4. The highest BCUT2D eigenvalue weighted by atomic mass is 32.2. The Morgan fingerprint density at radius 3 is 2.89 bits per heavy atom. The molecule has 1 saturated heterocycles. The lowest BCUT2D eigenvalue weighted by molar-refractivity contribution is -0.126. The molecule has 1 aromatic rings. The first-order valence-corrected chi connectivity index (χ1v) is 7.12. The molecule has 1 atom stereocenters. The zero-order valence-electron chi connectivity index (χ0n) is 10.8. The van der Waals surface area contributed by atoms with Crippen LogP contribution in [0.3, 0.4) is 0 Å². The Morgan fingerprint density at radius 2 is 2.28 bits per heavy atom. The molecule has 0 unspecified atom stereocenters. The zero-order valence-corrected chi connectivity index (χ0v) is 11.6. The maximum Gasteiger partial charge on any atom is 0.235 e. The van der Waals surface area contributed by atoms with Gasteiger partial charge >= 0.3 is 0 Å². The highest BCUT2D eigenvalue weighted by Gasteiger charge is 2.31. The number of nitrogens with two attached hydrogens (primary N) is 1. The zero-order chi connectivity index (χ0) is 13.1. The summed E-state index contributed by atoms with van der Waals surface area (Å²) in [5.41, 5.74) is 0. The number of carbonyl (C=O) groups is 1. The van der Waals surface area contributed by atoms with Crippen LogP contribution >= 0.6 is 11.8 Å². The van der Waals surface area contributed by atoms with E-state index in [1.165, 1.54) is 16.4 Å². The van der Waals surface area contributed by atoms with E-state index in [2.05, 4.69) is 17.1 Å². The Labute approximate surface area is 111 Å². The molecule has 2 rings (SSSR count). The average molecular weight is 269 g/mol. The van der Waals surface area contributed by atoms with Crippen LogP contribution in [0, 0.1) is 0 Å². The predicted octanol–water partition coefficient (Wildman–Crippen LogP) is 0.657. The molecule has 0 aliphatic carbocycles. The second-order valence-electron chi connectivity index (χ2n) is 4.53. The molecule has 18 heavy (non-hydrogen) atoms. The highest BCUT2D eigenvalue weighted by molar-refractivity contribution is 8.00. The predicted molar refractivity (Wildman–Crippen MR) is 70.7 cm³/mol. The van der Waals surface area contributed by atoms with Crippen LogP contribution in [0.2, 0.25) is 0 Å². The third kappa shape index (κ3) is 2.60. The van der Waals surface area contributed by atoms with Crippen molar-refractivity contribution in [1.29, 1.82) is 0 Å². The van der Waals surface area contributed by atoms with Crippen LogP contribution in [0.4, 0.5) is 0 Å². The van der Waals surface area contributed by atoms with Gasteiger partial charge in [-0.3, -0.25) is 4.79 Å². The molecule has 0 spiro atoms. The summed E-state index contributed by atoms with van der Waals surface area (Å²) >= 11 is 1.42. The molecule has 2 heterocycles. The van der Waals surface area contributed by atoms with Crippen LogP contribution in [-0.2, 0) is 11.2 Å². The number of nitrogen functional groups attached to an aromatic ring is 1. The fraction of sp³-hybridized carbons (Fsp3) is 0.727. The lowest BCUT2D eigenvalue weighted by Crippen LogP contribution is -2.24. The van der Waals surface area contributed by atoms with Crippen molar-refractivity contribution in [1.82, 2.24) is 19.8 Å². The second kappa shape index (κ2) is 5.60. The lowest BCUT2D eigenvalue weighted by Gasteiger charge is -2.09. The summed E-state index contributed by atoms with van der Waals surface area (Å²) in [6.07, 6.45) is 3.82. The van der Waals surface area contributed by atoms with E-state index in [0.29, 0.717) is 5.16 Å². The van der Waals surface area contributed by atoms with Crippen molar-refractivity contribution in [2.24, 2.45) is 0 Å². The van der Waals surface area contributed by atoms with Gasteiger partial charge in [0, 0.05) is 20.0 Å². The van der Waals surface area contributed by atoms with Gasteiger partial charge in [0.05, 0.1) is 5.25 Å². The topological polar surface area (TPSA) is 77.0 Å². The number of hydrogen-bond donors (Lipinski definition) is 1. The first-order valence-electron chi connectivity index (χ1n) is 6.24. The number of likely N-dealkylation sites (tertiary alicyclic amines) is 1. The van der Waals surface area contributed by atoms with Crippen LogP contribution in [0.5, 0.6) is 0 Å². The molecule has 2 N–H and O–H groups in total. The van der Waals surface area contributed by atoms with E-state index in [1.54, 1.807) is 4.90 Å². The van der Waals surface area contributed by atoms with E-state index in [9.17, 15) is 4.79 Å². The third-order valence-electron chi connectivity index (χ3n) is 3.12. The van der Waals surface area contributed by atoms with E-state index < -0.39 is 0 Å². The molecule has 7 heteroatoms. The maximum absolute atomic E-state index is 11.8. The normalized spacial score (nSPS) is 19.8. The smallest absolute Gasteiger partial charge is 0.235 e. The van der Waals surface area contributed by atoms with Crippen molar-refractivity contribution < 1.29 is 4.79 Å². The molecule has 1 aliphatic rings. The molecule has 100 valence electrons. The number of carbonyl (C=O) groups excluding carboxylic acids is 1. The summed E-state index contributed by atoms with van der Waals surface area (Å²) in [5, 5.41) is 8.72. The number of amides is 1. The minimum atomic E-state index is -0.0690. The van der Waals surface area contributed by atoms with Crippen LogP contribution in [0.25, 0.3) is 0 Å². The molecule has 1 aliphatic heterocycles. The van der Waals surface area contributed by atoms with Crippen molar-refractivity contribution in [2.45, 2.75) is 43.0 Å². The maximum atomic E-state index is 11.8. The first kappa shape index (κ1) is 13.2. The molecule has 0 bridgehead atoms. The van der Waals surface area contributed by atoms with E-state index >= 15 is 0 Å². The summed E-state index contributed by atoms with van der Waals surface area (Å²) in [5.74, 6) is 6.89. The summed E-state index contributed by atoms with van der Waals surface area (Å²) in [6, 6.07) is 0. The fourth-order valence-corrected chi connectivity index (χ4v) is 2.99. The summed E-state index contributed by atoms with van der Waals surface area (Å²) in [6.45, 7) is 2.93. The van der Waals surface area contributed by atoms with Gasteiger partial charge in [0.2, 0.25) is 11.1 Å². The molecule has 1 amide bonds. The number of rotatable bonds is 5. The fourth-order valence-electron chi connectivity index (χ4n) is 1.92. The van der Waals surface area contributed by atoms with Crippen LogP contribution in [0.15, 0.2) is 5.16 Å². The minimum absolute atomic E-state index is 0.0690. The van der Waals surface area contributed by atoms with Crippen LogP contribution < -0.4 is 5.84 Å². The van der Waals surface area contributed by atoms with Gasteiger partial charge in [-0.2, -0.15) is 0 Å². The van der Waals surface area contributed by atoms with Gasteiger partial charge in [0.1, 0.15) is 0 Å². The molecule has 0 aromatic carbocycles. The van der Waals surface area contributed by atoms with Crippen molar-refractivity contribution in [3.8, 4) is 0 Å². The Morgan fingerprint density at radius 1 is 1.50 bits per heavy atom. The van der Waals surface area contributed by atoms with Gasteiger partial charge in [-0.1, -0.05) is 25.1 Å². The van der Waals surface area contributed by atoms with Gasteiger partial charge in [-0.05, 0) is 12.8 Å². The number of thioether (sulfide) groups is 1.